The van der Waals surface area contributed by atoms with Crippen LogP contribution in [0.15, 0.2) is 29.2 Å². The van der Waals surface area contributed by atoms with Crippen LogP contribution in [-0.2, 0) is 0 Å². The molecule has 1 aromatic carbocycles. The second-order valence-electron chi connectivity index (χ2n) is 3.19. The highest BCUT2D eigenvalue weighted by molar-refractivity contribution is 7.97. The summed E-state index contributed by atoms with van der Waals surface area (Å²) in [6, 6.07) is 8.03. The monoisotopic (exact) mass is 210 g/mol. The van der Waals surface area contributed by atoms with Crippen molar-refractivity contribution < 1.29 is 0 Å². The lowest BCUT2D eigenvalue weighted by molar-refractivity contribution is 0.493. The molecular weight excluding hydrogens is 192 g/mol. The number of anilines is 1. The zero-order chi connectivity index (χ0) is 10.4. The topological polar surface area (TPSA) is 29.3 Å². The Morgan fingerprint density at radius 2 is 2.14 bits per heavy atom. The molecule has 1 rings (SSSR count). The van der Waals surface area contributed by atoms with Crippen molar-refractivity contribution in [3.05, 3.63) is 24.3 Å². The maximum absolute atomic E-state index is 5.72. The Bertz CT molecular complexity index is 276. The van der Waals surface area contributed by atoms with Gasteiger partial charge < -0.3 is 5.73 Å². The summed E-state index contributed by atoms with van der Waals surface area (Å²) in [6.45, 7) is 6.56. The predicted molar refractivity (Wildman–Crippen MR) is 64.2 cm³/mol. The molecule has 0 unspecified atom stereocenters. The van der Waals surface area contributed by atoms with Gasteiger partial charge >= 0.3 is 0 Å². The Labute approximate surface area is 90.6 Å². The average molecular weight is 210 g/mol. The number of nitrogen functional groups attached to an aromatic ring is 1. The molecule has 2 N–H and O–H groups in total. The fourth-order valence-corrected chi connectivity index (χ4v) is 2.27. The third-order valence-corrected chi connectivity index (χ3v) is 3.08. The normalized spacial score (nSPS) is 10.8. The zero-order valence-corrected chi connectivity index (χ0v) is 9.68. The Hall–Kier alpha value is -0.670. The fourth-order valence-electron chi connectivity index (χ4n) is 1.24. The smallest absolute Gasteiger partial charge is 0.0325 e. The average Bonchev–Trinajstić information content (AvgIpc) is 2.17. The summed E-state index contributed by atoms with van der Waals surface area (Å²) >= 11 is 1.78. The number of hydrogen-bond donors (Lipinski definition) is 1. The van der Waals surface area contributed by atoms with Gasteiger partial charge in [-0.15, -0.1) is 0 Å². The first-order valence-electron chi connectivity index (χ1n) is 5.04. The van der Waals surface area contributed by atoms with Gasteiger partial charge in [0.25, 0.3) is 0 Å². The van der Waals surface area contributed by atoms with Crippen molar-refractivity contribution in [1.82, 2.24) is 4.31 Å². The molecule has 78 valence electrons. The molecule has 0 spiro atoms. The van der Waals surface area contributed by atoms with Crippen LogP contribution >= 0.6 is 11.9 Å². The third-order valence-electron chi connectivity index (χ3n) is 1.92. The highest BCUT2D eigenvalue weighted by Crippen LogP contribution is 2.23. The minimum atomic E-state index is 0.836. The van der Waals surface area contributed by atoms with Gasteiger partial charge in [0.05, 0.1) is 0 Å². The van der Waals surface area contributed by atoms with Crippen molar-refractivity contribution in [1.29, 1.82) is 0 Å². The van der Waals surface area contributed by atoms with E-state index in [1.807, 2.05) is 18.2 Å². The molecular formula is C11H18N2S. The van der Waals surface area contributed by atoms with Crippen LogP contribution in [0.3, 0.4) is 0 Å². The van der Waals surface area contributed by atoms with E-state index in [4.69, 9.17) is 5.73 Å². The molecule has 0 saturated heterocycles. The quantitative estimate of drug-likeness (QED) is 0.598. The van der Waals surface area contributed by atoms with Crippen molar-refractivity contribution in [3.63, 3.8) is 0 Å². The molecule has 0 aliphatic heterocycles. The van der Waals surface area contributed by atoms with Gasteiger partial charge in [-0.05, 0) is 36.6 Å². The van der Waals surface area contributed by atoms with Gasteiger partial charge in [-0.3, -0.25) is 0 Å². The van der Waals surface area contributed by atoms with E-state index in [0.29, 0.717) is 0 Å². The van der Waals surface area contributed by atoms with Crippen LogP contribution in [0.4, 0.5) is 5.69 Å². The van der Waals surface area contributed by atoms with Crippen LogP contribution in [0.25, 0.3) is 0 Å². The SMILES string of the molecule is CCCN(CC)Sc1cccc(N)c1. The third kappa shape index (κ3) is 3.60. The number of nitrogens with two attached hydrogens (primary N) is 1. The molecule has 0 saturated carbocycles. The molecule has 0 amide bonds. The highest BCUT2D eigenvalue weighted by Gasteiger charge is 2.03. The molecule has 1 aromatic rings. The standard InChI is InChI=1S/C11H18N2S/c1-3-8-13(4-2)14-11-7-5-6-10(12)9-11/h5-7,9H,3-4,8,12H2,1-2H3. The lowest BCUT2D eigenvalue weighted by Crippen LogP contribution is -2.15. The van der Waals surface area contributed by atoms with Gasteiger partial charge in [-0.25, -0.2) is 4.31 Å². The van der Waals surface area contributed by atoms with E-state index in [-0.39, 0.29) is 0 Å². The summed E-state index contributed by atoms with van der Waals surface area (Å²) in [4.78, 5) is 1.22. The minimum Gasteiger partial charge on any atom is -0.399 e. The van der Waals surface area contributed by atoms with Crippen molar-refractivity contribution in [2.75, 3.05) is 18.8 Å². The van der Waals surface area contributed by atoms with E-state index < -0.39 is 0 Å². The van der Waals surface area contributed by atoms with Crippen LogP contribution in [0, 0.1) is 0 Å². The number of nitrogens with zero attached hydrogens (tertiary/aromatic N) is 1. The van der Waals surface area contributed by atoms with E-state index in [0.717, 1.165) is 18.8 Å². The van der Waals surface area contributed by atoms with Crippen molar-refractivity contribution >= 4 is 17.6 Å². The van der Waals surface area contributed by atoms with Crippen LogP contribution in [-0.4, -0.2) is 17.4 Å². The maximum atomic E-state index is 5.72. The number of rotatable bonds is 5. The van der Waals surface area contributed by atoms with Crippen molar-refractivity contribution in [3.8, 4) is 0 Å². The number of benzene rings is 1. The van der Waals surface area contributed by atoms with Crippen LogP contribution in [0.1, 0.15) is 20.3 Å². The molecule has 0 atom stereocenters. The second kappa shape index (κ2) is 5.94. The van der Waals surface area contributed by atoms with E-state index in [2.05, 4.69) is 24.2 Å². The second-order valence-corrected chi connectivity index (χ2v) is 4.36. The summed E-state index contributed by atoms with van der Waals surface area (Å²) in [7, 11) is 0. The van der Waals surface area contributed by atoms with E-state index in [1.54, 1.807) is 11.9 Å². The van der Waals surface area contributed by atoms with E-state index in [1.165, 1.54) is 11.3 Å². The number of hydrogen-bond acceptors (Lipinski definition) is 3. The minimum absolute atomic E-state index is 0.836. The van der Waals surface area contributed by atoms with Crippen LogP contribution in [0.5, 0.6) is 0 Å². The zero-order valence-electron chi connectivity index (χ0n) is 8.86. The van der Waals surface area contributed by atoms with E-state index in [9.17, 15) is 0 Å². The summed E-state index contributed by atoms with van der Waals surface area (Å²) in [5.74, 6) is 0. The largest absolute Gasteiger partial charge is 0.399 e. The molecule has 3 heteroatoms. The van der Waals surface area contributed by atoms with E-state index >= 15 is 0 Å². The van der Waals surface area contributed by atoms with Gasteiger partial charge in [-0.1, -0.05) is 19.9 Å². The Morgan fingerprint density at radius 3 is 2.71 bits per heavy atom. The molecule has 0 aromatic heterocycles. The van der Waals surface area contributed by atoms with Gasteiger partial charge in [0, 0.05) is 23.7 Å². The van der Waals surface area contributed by atoms with Gasteiger partial charge in [0.2, 0.25) is 0 Å². The summed E-state index contributed by atoms with van der Waals surface area (Å²) < 4.78 is 2.34. The lowest BCUT2D eigenvalue weighted by atomic mass is 10.3. The molecule has 14 heavy (non-hydrogen) atoms. The highest BCUT2D eigenvalue weighted by atomic mass is 32.2. The predicted octanol–water partition coefficient (Wildman–Crippen LogP) is 3.01. The summed E-state index contributed by atoms with van der Waals surface area (Å²) in [5.41, 5.74) is 6.55. The van der Waals surface area contributed by atoms with Crippen molar-refractivity contribution in [2.45, 2.75) is 25.2 Å². The molecule has 0 radical (unpaired) electrons. The lowest BCUT2D eigenvalue weighted by Gasteiger charge is -2.17. The van der Waals surface area contributed by atoms with Crippen LogP contribution in [0.2, 0.25) is 0 Å². The first-order valence-corrected chi connectivity index (χ1v) is 5.82. The first kappa shape index (κ1) is 11.4. The molecule has 0 bridgehead atoms. The summed E-state index contributed by atoms with van der Waals surface area (Å²) in [5, 5.41) is 0. The molecule has 0 aliphatic rings. The van der Waals surface area contributed by atoms with Gasteiger partial charge in [0.15, 0.2) is 0 Å². The fraction of sp³-hybridized carbons (Fsp3) is 0.455. The van der Waals surface area contributed by atoms with Gasteiger partial charge in [0.1, 0.15) is 0 Å². The van der Waals surface area contributed by atoms with Gasteiger partial charge in [-0.2, -0.15) is 0 Å². The summed E-state index contributed by atoms with van der Waals surface area (Å²) in [6.07, 6.45) is 1.18. The van der Waals surface area contributed by atoms with Crippen LogP contribution < -0.4 is 5.73 Å². The Balaban J connectivity index is 2.57. The Morgan fingerprint density at radius 1 is 1.36 bits per heavy atom. The molecule has 0 heterocycles. The first-order chi connectivity index (χ1) is 6.76. The molecule has 0 aliphatic carbocycles. The van der Waals surface area contributed by atoms with Crippen molar-refractivity contribution in [2.24, 2.45) is 0 Å². The molecule has 2 nitrogen and oxygen atoms in total. The maximum Gasteiger partial charge on any atom is 0.0325 e. The molecule has 0 fully saturated rings. The Kier molecular flexibility index (Phi) is 4.84.